The Labute approximate surface area is 170 Å². The van der Waals surface area contributed by atoms with E-state index in [1.165, 1.54) is 5.69 Å². The lowest BCUT2D eigenvalue weighted by atomic mass is 10.2. The van der Waals surface area contributed by atoms with E-state index in [1.54, 1.807) is 6.33 Å². The second kappa shape index (κ2) is 6.69. The van der Waals surface area contributed by atoms with E-state index in [2.05, 4.69) is 58.9 Å². The number of benzene rings is 2. The van der Waals surface area contributed by atoms with Crippen LogP contribution < -0.4 is 9.80 Å². The van der Waals surface area contributed by atoms with Crippen molar-refractivity contribution in [2.24, 2.45) is 0 Å². The molecule has 0 saturated carbocycles. The number of halogens is 2. The molecule has 1 saturated heterocycles. The van der Waals surface area contributed by atoms with E-state index in [-0.39, 0.29) is 0 Å². The second-order valence-electron chi connectivity index (χ2n) is 6.69. The number of hydrogen-bond acceptors (Lipinski definition) is 4. The van der Waals surface area contributed by atoms with Crippen LogP contribution in [0.4, 0.5) is 11.5 Å². The van der Waals surface area contributed by atoms with E-state index in [0.29, 0.717) is 0 Å². The first-order valence-corrected chi connectivity index (χ1v) is 10.0. The van der Waals surface area contributed by atoms with Crippen LogP contribution in [0.15, 0.2) is 53.3 Å². The number of fused-ring (bicyclic) bond motifs is 3. The predicted molar refractivity (Wildman–Crippen MR) is 115 cm³/mol. The second-order valence-corrected chi connectivity index (χ2v) is 8.04. The number of anilines is 2. The molecule has 27 heavy (non-hydrogen) atoms. The molecule has 1 aliphatic rings. The summed E-state index contributed by atoms with van der Waals surface area (Å²) in [6.07, 6.45) is 1.66. The number of aromatic nitrogens is 3. The zero-order chi connectivity index (χ0) is 18.4. The molecule has 0 radical (unpaired) electrons. The smallest absolute Gasteiger partial charge is 0.156 e. The Bertz CT molecular complexity index is 1130. The highest BCUT2D eigenvalue weighted by molar-refractivity contribution is 9.10. The first kappa shape index (κ1) is 16.8. The van der Waals surface area contributed by atoms with E-state index < -0.39 is 0 Å². The maximum Gasteiger partial charge on any atom is 0.156 e. The zero-order valence-corrected chi connectivity index (χ0v) is 16.8. The van der Waals surface area contributed by atoms with Crippen molar-refractivity contribution in [1.82, 2.24) is 15.0 Å². The third-order valence-corrected chi connectivity index (χ3v) is 5.80. The molecular formula is C20H17BrClN5. The van der Waals surface area contributed by atoms with E-state index >= 15 is 0 Å². The molecule has 4 aromatic rings. The van der Waals surface area contributed by atoms with Gasteiger partial charge in [0.1, 0.15) is 17.4 Å². The Balaban J connectivity index is 1.46. The van der Waals surface area contributed by atoms with Gasteiger partial charge < -0.3 is 14.8 Å². The molecule has 7 heteroatoms. The summed E-state index contributed by atoms with van der Waals surface area (Å²) in [4.78, 5) is 17.3. The highest BCUT2D eigenvalue weighted by atomic mass is 79.9. The molecule has 2 aromatic carbocycles. The molecular weight excluding hydrogens is 426 g/mol. The Morgan fingerprint density at radius 1 is 0.963 bits per heavy atom. The Kier molecular flexibility index (Phi) is 4.17. The largest absolute Gasteiger partial charge is 0.368 e. The molecule has 1 fully saturated rings. The molecule has 5 nitrogen and oxygen atoms in total. The van der Waals surface area contributed by atoms with Gasteiger partial charge in [0.05, 0.1) is 0 Å². The molecule has 0 unspecified atom stereocenters. The van der Waals surface area contributed by atoms with Gasteiger partial charge in [-0.05, 0) is 36.4 Å². The minimum atomic E-state index is 0.775. The van der Waals surface area contributed by atoms with Crippen LogP contribution in [0.1, 0.15) is 0 Å². The topological polar surface area (TPSA) is 48.1 Å². The van der Waals surface area contributed by atoms with Gasteiger partial charge in [-0.25, -0.2) is 9.97 Å². The van der Waals surface area contributed by atoms with Gasteiger partial charge >= 0.3 is 0 Å². The van der Waals surface area contributed by atoms with Crippen LogP contribution in [0.5, 0.6) is 0 Å². The van der Waals surface area contributed by atoms with Crippen LogP contribution in [0.25, 0.3) is 21.9 Å². The summed E-state index contributed by atoms with van der Waals surface area (Å²) in [7, 11) is 0. The van der Waals surface area contributed by atoms with Crippen LogP contribution in [0.2, 0.25) is 5.02 Å². The Morgan fingerprint density at radius 3 is 2.59 bits per heavy atom. The van der Waals surface area contributed by atoms with Gasteiger partial charge in [0, 0.05) is 52.3 Å². The Morgan fingerprint density at radius 2 is 1.78 bits per heavy atom. The van der Waals surface area contributed by atoms with Crippen LogP contribution in [-0.2, 0) is 0 Å². The normalized spacial score (nSPS) is 15.0. The summed E-state index contributed by atoms with van der Waals surface area (Å²) >= 11 is 9.69. The molecule has 1 N–H and O–H groups in total. The van der Waals surface area contributed by atoms with Crippen molar-refractivity contribution in [3.63, 3.8) is 0 Å². The number of nitrogens with one attached hydrogen (secondary N) is 1. The summed E-state index contributed by atoms with van der Waals surface area (Å²) in [5.41, 5.74) is 4.22. The van der Waals surface area contributed by atoms with Crippen molar-refractivity contribution >= 4 is 61.0 Å². The minimum absolute atomic E-state index is 0.775. The molecule has 0 spiro atoms. The van der Waals surface area contributed by atoms with E-state index in [1.807, 2.05) is 24.3 Å². The lowest BCUT2D eigenvalue weighted by molar-refractivity contribution is 0.648. The number of aromatic amines is 1. The first-order valence-electron chi connectivity index (χ1n) is 8.86. The highest BCUT2D eigenvalue weighted by Crippen LogP contribution is 2.31. The van der Waals surface area contributed by atoms with Gasteiger partial charge in [0.25, 0.3) is 0 Å². The highest BCUT2D eigenvalue weighted by Gasteiger charge is 2.21. The van der Waals surface area contributed by atoms with Crippen LogP contribution >= 0.6 is 27.5 Å². The van der Waals surface area contributed by atoms with Crippen LogP contribution in [-0.4, -0.2) is 41.1 Å². The summed E-state index contributed by atoms with van der Waals surface area (Å²) < 4.78 is 1.05. The number of rotatable bonds is 2. The standard InChI is InChI=1S/C20H17BrClN5/c21-13-4-5-17-16(10-13)18-19(25-17)20(24-12-23-18)27-8-6-26(7-9-27)15-3-1-2-14(22)11-15/h1-5,10-12,25H,6-9H2. The summed E-state index contributed by atoms with van der Waals surface area (Å²) in [6.45, 7) is 3.66. The van der Waals surface area contributed by atoms with Gasteiger partial charge in [-0.2, -0.15) is 0 Å². The minimum Gasteiger partial charge on any atom is -0.368 e. The van der Waals surface area contributed by atoms with Crippen molar-refractivity contribution in [2.45, 2.75) is 0 Å². The zero-order valence-electron chi connectivity index (χ0n) is 14.5. The first-order chi connectivity index (χ1) is 13.2. The summed E-state index contributed by atoms with van der Waals surface area (Å²) in [6, 6.07) is 14.3. The lowest BCUT2D eigenvalue weighted by Crippen LogP contribution is -2.47. The fraction of sp³-hybridized carbons (Fsp3) is 0.200. The molecule has 0 amide bonds. The van der Waals surface area contributed by atoms with Crippen molar-refractivity contribution in [3.8, 4) is 0 Å². The fourth-order valence-corrected chi connectivity index (χ4v) is 4.29. The van der Waals surface area contributed by atoms with E-state index in [0.717, 1.165) is 63.4 Å². The van der Waals surface area contributed by atoms with E-state index in [4.69, 9.17) is 11.6 Å². The van der Waals surface area contributed by atoms with Gasteiger partial charge in [0.15, 0.2) is 5.82 Å². The predicted octanol–water partition coefficient (Wildman–Crippen LogP) is 4.85. The summed E-state index contributed by atoms with van der Waals surface area (Å²) in [5.74, 6) is 0.970. The van der Waals surface area contributed by atoms with Gasteiger partial charge in [0.2, 0.25) is 0 Å². The monoisotopic (exact) mass is 441 g/mol. The van der Waals surface area contributed by atoms with Crippen molar-refractivity contribution in [1.29, 1.82) is 0 Å². The van der Waals surface area contributed by atoms with Gasteiger partial charge in [-0.3, -0.25) is 0 Å². The number of H-pyrrole nitrogens is 1. The molecule has 3 heterocycles. The molecule has 2 aromatic heterocycles. The third kappa shape index (κ3) is 3.03. The fourth-order valence-electron chi connectivity index (χ4n) is 3.74. The van der Waals surface area contributed by atoms with Crippen molar-refractivity contribution in [3.05, 3.63) is 58.3 Å². The van der Waals surface area contributed by atoms with Crippen molar-refractivity contribution < 1.29 is 0 Å². The molecule has 136 valence electrons. The molecule has 0 atom stereocenters. The molecule has 0 bridgehead atoms. The van der Waals surface area contributed by atoms with Crippen LogP contribution in [0.3, 0.4) is 0 Å². The molecule has 1 aliphatic heterocycles. The SMILES string of the molecule is Clc1cccc(N2CCN(c3ncnc4c3[nH]c3ccc(Br)cc34)CC2)c1. The third-order valence-electron chi connectivity index (χ3n) is 5.08. The maximum absolute atomic E-state index is 6.14. The maximum atomic E-state index is 6.14. The van der Waals surface area contributed by atoms with Gasteiger partial charge in [-0.15, -0.1) is 0 Å². The summed E-state index contributed by atoms with van der Waals surface area (Å²) in [5, 5.41) is 1.89. The average Bonchev–Trinajstić information content (AvgIpc) is 3.06. The number of nitrogens with zero attached hydrogens (tertiary/aromatic N) is 4. The van der Waals surface area contributed by atoms with Crippen LogP contribution in [0, 0.1) is 0 Å². The molecule has 5 rings (SSSR count). The van der Waals surface area contributed by atoms with E-state index in [9.17, 15) is 0 Å². The lowest BCUT2D eigenvalue weighted by Gasteiger charge is -2.36. The average molecular weight is 443 g/mol. The number of hydrogen-bond donors (Lipinski definition) is 1. The molecule has 0 aliphatic carbocycles. The van der Waals surface area contributed by atoms with Crippen molar-refractivity contribution in [2.75, 3.05) is 36.0 Å². The Hall–Kier alpha value is -2.31. The quantitative estimate of drug-likeness (QED) is 0.482. The number of piperazine rings is 1. The van der Waals surface area contributed by atoms with Gasteiger partial charge in [-0.1, -0.05) is 33.6 Å².